The number of ether oxygens (including phenoxy) is 2. The summed E-state index contributed by atoms with van der Waals surface area (Å²) in [6, 6.07) is 17.5. The van der Waals surface area contributed by atoms with Gasteiger partial charge in [-0.25, -0.2) is 23.0 Å². The third kappa shape index (κ3) is 7.12. The Hall–Kier alpha value is -4.25. The number of methoxy groups -OCH3 is 1. The highest BCUT2D eigenvalue weighted by molar-refractivity contribution is 7.92. The third-order valence-electron chi connectivity index (χ3n) is 4.86. The van der Waals surface area contributed by atoms with Crippen molar-refractivity contribution in [3.05, 3.63) is 89.7 Å². The molecule has 0 spiro atoms. The second kappa shape index (κ2) is 11.9. The standard InChI is InChI=1S/C25H24FN3O6S/c1-18-6-12-23(13-7-18)36(32,33)29(21-10-8-20(26)9-11-21)16-24(30)28-27-15-19-4-3-5-22(14-19)35-17-25(31)34-2/h3-15H,16-17H2,1-2H3,(H,28,30)/b27-15-. The molecule has 0 aromatic heterocycles. The normalized spacial score (nSPS) is 11.2. The van der Waals surface area contributed by atoms with Gasteiger partial charge in [0.25, 0.3) is 15.9 Å². The van der Waals surface area contributed by atoms with Gasteiger partial charge in [-0.3, -0.25) is 9.10 Å². The maximum atomic E-state index is 13.4. The number of esters is 1. The molecule has 0 heterocycles. The number of carbonyl (C=O) groups is 2. The van der Waals surface area contributed by atoms with E-state index in [0.717, 1.165) is 22.0 Å². The van der Waals surface area contributed by atoms with Crippen LogP contribution in [0.4, 0.5) is 10.1 Å². The van der Waals surface area contributed by atoms with E-state index in [1.54, 1.807) is 36.4 Å². The van der Waals surface area contributed by atoms with E-state index < -0.39 is 34.3 Å². The van der Waals surface area contributed by atoms with Crippen LogP contribution in [0.15, 0.2) is 82.8 Å². The number of rotatable bonds is 10. The van der Waals surface area contributed by atoms with Crippen molar-refractivity contribution in [2.75, 3.05) is 24.6 Å². The van der Waals surface area contributed by atoms with Crippen molar-refractivity contribution < 1.29 is 31.9 Å². The predicted octanol–water partition coefficient (Wildman–Crippen LogP) is 3.03. The first kappa shape index (κ1) is 26.4. The van der Waals surface area contributed by atoms with E-state index in [0.29, 0.717) is 11.3 Å². The summed E-state index contributed by atoms with van der Waals surface area (Å²) >= 11 is 0. The zero-order chi connectivity index (χ0) is 26.1. The number of hydrazone groups is 1. The summed E-state index contributed by atoms with van der Waals surface area (Å²) in [5, 5.41) is 3.87. The zero-order valence-electron chi connectivity index (χ0n) is 19.5. The fourth-order valence-corrected chi connectivity index (χ4v) is 4.41. The summed E-state index contributed by atoms with van der Waals surface area (Å²) in [6.07, 6.45) is 1.33. The number of amides is 1. The summed E-state index contributed by atoms with van der Waals surface area (Å²) in [6.45, 7) is 0.963. The Balaban J connectivity index is 1.74. The van der Waals surface area contributed by atoms with Gasteiger partial charge in [-0.05, 0) is 61.0 Å². The van der Waals surface area contributed by atoms with E-state index in [4.69, 9.17) is 4.74 Å². The number of hydrogen-bond donors (Lipinski definition) is 1. The Kier molecular flexibility index (Phi) is 8.74. The van der Waals surface area contributed by atoms with E-state index in [1.165, 1.54) is 37.6 Å². The Morgan fingerprint density at radius 3 is 2.42 bits per heavy atom. The monoisotopic (exact) mass is 513 g/mol. The molecular weight excluding hydrogens is 489 g/mol. The molecule has 1 N–H and O–H groups in total. The van der Waals surface area contributed by atoms with Crippen molar-refractivity contribution in [3.63, 3.8) is 0 Å². The fraction of sp³-hybridized carbons (Fsp3) is 0.160. The van der Waals surface area contributed by atoms with E-state index >= 15 is 0 Å². The number of halogens is 1. The van der Waals surface area contributed by atoms with Crippen LogP contribution in [0, 0.1) is 12.7 Å². The molecule has 188 valence electrons. The van der Waals surface area contributed by atoms with Gasteiger partial charge >= 0.3 is 5.97 Å². The van der Waals surface area contributed by atoms with Crippen molar-refractivity contribution >= 4 is 33.8 Å². The molecule has 0 aliphatic heterocycles. The number of hydrogen-bond acceptors (Lipinski definition) is 7. The van der Waals surface area contributed by atoms with Gasteiger partial charge in [0.05, 0.1) is 23.9 Å². The molecule has 9 nitrogen and oxygen atoms in total. The lowest BCUT2D eigenvalue weighted by Crippen LogP contribution is -2.39. The number of benzene rings is 3. The Labute approximate surface area is 208 Å². The van der Waals surface area contributed by atoms with Crippen molar-refractivity contribution in [3.8, 4) is 5.75 Å². The summed E-state index contributed by atoms with van der Waals surface area (Å²) in [5.41, 5.74) is 3.83. The minimum atomic E-state index is -4.13. The van der Waals surface area contributed by atoms with Gasteiger partial charge < -0.3 is 9.47 Å². The van der Waals surface area contributed by atoms with Gasteiger partial charge in [0.2, 0.25) is 0 Å². The lowest BCUT2D eigenvalue weighted by atomic mass is 10.2. The molecule has 3 rings (SSSR count). The van der Waals surface area contributed by atoms with E-state index in [9.17, 15) is 22.4 Å². The lowest BCUT2D eigenvalue weighted by molar-refractivity contribution is -0.142. The van der Waals surface area contributed by atoms with E-state index in [1.807, 2.05) is 6.92 Å². The van der Waals surface area contributed by atoms with Gasteiger partial charge in [-0.15, -0.1) is 0 Å². The lowest BCUT2D eigenvalue weighted by Gasteiger charge is -2.23. The number of nitrogens with zero attached hydrogens (tertiary/aromatic N) is 2. The van der Waals surface area contributed by atoms with Gasteiger partial charge in [-0.1, -0.05) is 29.8 Å². The van der Waals surface area contributed by atoms with Crippen LogP contribution in [0.1, 0.15) is 11.1 Å². The first-order chi connectivity index (χ1) is 17.2. The number of aryl methyl sites for hydroxylation is 1. The molecule has 0 radical (unpaired) electrons. The summed E-state index contributed by atoms with van der Waals surface area (Å²) in [7, 11) is -2.88. The third-order valence-corrected chi connectivity index (χ3v) is 6.64. The molecular formula is C25H24FN3O6S. The van der Waals surface area contributed by atoms with Crippen molar-refractivity contribution in [2.24, 2.45) is 5.10 Å². The Morgan fingerprint density at radius 2 is 1.75 bits per heavy atom. The molecule has 0 unspecified atom stereocenters. The highest BCUT2D eigenvalue weighted by Crippen LogP contribution is 2.24. The van der Waals surface area contributed by atoms with E-state index in [-0.39, 0.29) is 17.2 Å². The second-order valence-electron chi connectivity index (χ2n) is 7.53. The Bertz CT molecular complexity index is 1340. The maximum absolute atomic E-state index is 13.4. The molecule has 1 amide bonds. The molecule has 0 saturated carbocycles. The Morgan fingerprint density at radius 1 is 1.06 bits per heavy atom. The fourth-order valence-electron chi connectivity index (χ4n) is 2.99. The number of sulfonamides is 1. The molecule has 3 aromatic rings. The number of anilines is 1. The van der Waals surface area contributed by atoms with Crippen LogP contribution in [-0.4, -0.2) is 46.8 Å². The average molecular weight is 514 g/mol. The maximum Gasteiger partial charge on any atom is 0.343 e. The molecule has 0 aliphatic carbocycles. The zero-order valence-corrected chi connectivity index (χ0v) is 20.4. The van der Waals surface area contributed by atoms with E-state index in [2.05, 4.69) is 15.3 Å². The SMILES string of the molecule is COC(=O)COc1cccc(/C=N\NC(=O)CN(c2ccc(F)cc2)S(=O)(=O)c2ccc(C)cc2)c1. The largest absolute Gasteiger partial charge is 0.482 e. The number of carbonyl (C=O) groups excluding carboxylic acids is 2. The average Bonchev–Trinajstić information content (AvgIpc) is 2.87. The molecule has 0 atom stereocenters. The molecule has 0 aliphatic rings. The van der Waals surface area contributed by atoms with Crippen molar-refractivity contribution in [2.45, 2.75) is 11.8 Å². The summed E-state index contributed by atoms with van der Waals surface area (Å²) < 4.78 is 50.7. The molecule has 36 heavy (non-hydrogen) atoms. The van der Waals surface area contributed by atoms with Crippen LogP contribution >= 0.6 is 0 Å². The quantitative estimate of drug-likeness (QED) is 0.253. The number of nitrogens with one attached hydrogen (secondary N) is 1. The molecule has 0 fully saturated rings. The summed E-state index contributed by atoms with van der Waals surface area (Å²) in [4.78, 5) is 23.8. The second-order valence-corrected chi connectivity index (χ2v) is 9.39. The van der Waals surface area contributed by atoms with Gasteiger partial charge in [0, 0.05) is 0 Å². The van der Waals surface area contributed by atoms with Crippen molar-refractivity contribution in [1.29, 1.82) is 0 Å². The molecule has 0 saturated heterocycles. The van der Waals surface area contributed by atoms with Crippen LogP contribution in [-0.2, 0) is 24.3 Å². The minimum absolute atomic E-state index is 0.0162. The highest BCUT2D eigenvalue weighted by Gasteiger charge is 2.27. The van der Waals surface area contributed by atoms with Gasteiger partial charge in [-0.2, -0.15) is 5.10 Å². The van der Waals surface area contributed by atoms with Crippen LogP contribution in [0.25, 0.3) is 0 Å². The summed E-state index contributed by atoms with van der Waals surface area (Å²) in [5.74, 6) is -1.40. The van der Waals surface area contributed by atoms with Crippen LogP contribution in [0.3, 0.4) is 0 Å². The smallest absolute Gasteiger partial charge is 0.343 e. The van der Waals surface area contributed by atoms with Crippen LogP contribution in [0.2, 0.25) is 0 Å². The highest BCUT2D eigenvalue weighted by atomic mass is 32.2. The molecule has 0 bridgehead atoms. The molecule has 3 aromatic carbocycles. The first-order valence-corrected chi connectivity index (χ1v) is 12.1. The van der Waals surface area contributed by atoms with Gasteiger partial charge in [0.15, 0.2) is 6.61 Å². The van der Waals surface area contributed by atoms with Gasteiger partial charge in [0.1, 0.15) is 18.1 Å². The predicted molar refractivity (Wildman–Crippen MR) is 132 cm³/mol. The van der Waals surface area contributed by atoms with Crippen LogP contribution in [0.5, 0.6) is 5.75 Å². The van der Waals surface area contributed by atoms with Crippen molar-refractivity contribution in [1.82, 2.24) is 5.43 Å². The first-order valence-electron chi connectivity index (χ1n) is 10.7. The van der Waals surface area contributed by atoms with Crippen LogP contribution < -0.4 is 14.5 Å². The topological polar surface area (TPSA) is 114 Å². The molecule has 11 heteroatoms. The minimum Gasteiger partial charge on any atom is -0.482 e.